The highest BCUT2D eigenvalue weighted by Gasteiger charge is 2.43. The molecule has 2 aromatic rings. The Balaban J connectivity index is 1.49. The number of anilines is 1. The number of hydrogen-bond donors (Lipinski definition) is 3. The van der Waals surface area contributed by atoms with Crippen LogP contribution in [0.5, 0.6) is 0 Å². The highest BCUT2D eigenvalue weighted by atomic mass is 32.2. The van der Waals surface area contributed by atoms with Crippen LogP contribution in [0.1, 0.15) is 66.8 Å². The first-order chi connectivity index (χ1) is 17.5. The Kier molecular flexibility index (Phi) is 6.57. The average molecular weight is 531 g/mol. The van der Waals surface area contributed by atoms with Gasteiger partial charge in [0.1, 0.15) is 6.10 Å². The molecule has 1 aromatic heterocycles. The number of carbonyl (C=O) groups is 2. The first-order valence-electron chi connectivity index (χ1n) is 12.7. The van der Waals surface area contributed by atoms with Crippen molar-refractivity contribution in [3.8, 4) is 5.69 Å². The van der Waals surface area contributed by atoms with Gasteiger partial charge in [0.15, 0.2) is 9.84 Å². The zero-order valence-corrected chi connectivity index (χ0v) is 22.0. The van der Waals surface area contributed by atoms with E-state index in [4.69, 9.17) is 20.9 Å². The van der Waals surface area contributed by atoms with Crippen molar-refractivity contribution in [1.29, 1.82) is 0 Å². The van der Waals surface area contributed by atoms with Gasteiger partial charge in [-0.05, 0) is 55.7 Å². The molecule has 1 amide bonds. The third-order valence-electron chi connectivity index (χ3n) is 7.47. The second-order valence-corrected chi connectivity index (χ2v) is 13.0. The van der Waals surface area contributed by atoms with Gasteiger partial charge < -0.3 is 30.8 Å². The summed E-state index contributed by atoms with van der Waals surface area (Å²) in [5, 5.41) is 3.47. The topological polar surface area (TPSA) is 156 Å². The second-order valence-electron chi connectivity index (χ2n) is 11.0. The van der Waals surface area contributed by atoms with Gasteiger partial charge in [0.25, 0.3) is 5.91 Å². The predicted octanol–water partition coefficient (Wildman–Crippen LogP) is 2.19. The monoisotopic (exact) mass is 530 g/mol. The molecule has 10 nitrogen and oxygen atoms in total. The molecule has 5 rings (SSSR count). The van der Waals surface area contributed by atoms with Gasteiger partial charge >= 0.3 is 5.97 Å². The lowest BCUT2D eigenvalue weighted by Crippen LogP contribution is -2.33. The van der Waals surface area contributed by atoms with Crippen LogP contribution in [0, 0.1) is 5.41 Å². The van der Waals surface area contributed by atoms with Crippen LogP contribution in [-0.2, 0) is 43.7 Å². The fourth-order valence-electron chi connectivity index (χ4n) is 5.97. The molecule has 0 spiro atoms. The van der Waals surface area contributed by atoms with Crippen LogP contribution in [0.3, 0.4) is 0 Å². The minimum atomic E-state index is -3.47. The van der Waals surface area contributed by atoms with Crippen LogP contribution in [0.15, 0.2) is 23.1 Å². The van der Waals surface area contributed by atoms with Crippen molar-refractivity contribution in [1.82, 2.24) is 4.57 Å². The molecule has 1 aliphatic carbocycles. The Bertz CT molecular complexity index is 1360. The minimum absolute atomic E-state index is 0.0631. The lowest BCUT2D eigenvalue weighted by atomic mass is 9.89. The maximum Gasteiger partial charge on any atom is 0.319 e. The van der Waals surface area contributed by atoms with Gasteiger partial charge in [0, 0.05) is 28.7 Å². The number of sulfone groups is 1. The van der Waals surface area contributed by atoms with Crippen LogP contribution in [-0.4, -0.2) is 49.3 Å². The molecule has 3 aliphatic rings. The van der Waals surface area contributed by atoms with Crippen molar-refractivity contribution in [3.63, 3.8) is 0 Å². The number of fused-ring (bicyclic) bond motifs is 3. The Hall–Kier alpha value is -2.89. The molecule has 5 N–H and O–H groups in total. The van der Waals surface area contributed by atoms with Crippen LogP contribution in [0.4, 0.5) is 5.69 Å². The summed E-state index contributed by atoms with van der Waals surface area (Å²) in [6, 6.07) is 5.43. The Morgan fingerprint density at radius 2 is 1.89 bits per heavy atom. The van der Waals surface area contributed by atoms with E-state index < -0.39 is 27.1 Å². The summed E-state index contributed by atoms with van der Waals surface area (Å²) in [7, 11) is -3.47. The molecular weight excluding hydrogens is 496 g/mol. The van der Waals surface area contributed by atoms with E-state index in [1.165, 1.54) is 0 Å². The maximum atomic E-state index is 13.3. The van der Waals surface area contributed by atoms with E-state index in [0.29, 0.717) is 42.0 Å². The number of carbonyl (C=O) groups excluding carboxylic acids is 2. The van der Waals surface area contributed by atoms with E-state index in [9.17, 15) is 18.0 Å². The Morgan fingerprint density at radius 3 is 2.57 bits per heavy atom. The van der Waals surface area contributed by atoms with Gasteiger partial charge in [-0.1, -0.05) is 13.8 Å². The number of hydrogen-bond acceptors (Lipinski definition) is 8. The molecule has 0 saturated heterocycles. The normalized spacial score (nSPS) is 23.6. The fourth-order valence-corrected chi connectivity index (χ4v) is 8.32. The zero-order chi connectivity index (χ0) is 26.5. The lowest BCUT2D eigenvalue weighted by molar-refractivity contribution is -0.148. The van der Waals surface area contributed by atoms with Crippen molar-refractivity contribution in [2.24, 2.45) is 16.9 Å². The highest BCUT2D eigenvalue weighted by molar-refractivity contribution is 7.91. The maximum absolute atomic E-state index is 13.3. The van der Waals surface area contributed by atoms with Gasteiger partial charge in [-0.25, -0.2) is 8.42 Å². The number of benzene rings is 1. The molecule has 0 atom stereocenters. The molecule has 0 unspecified atom stereocenters. The molecule has 1 fully saturated rings. The molecule has 3 heterocycles. The summed E-state index contributed by atoms with van der Waals surface area (Å²) >= 11 is 0. The van der Waals surface area contributed by atoms with Crippen molar-refractivity contribution in [3.05, 3.63) is 40.7 Å². The average Bonchev–Trinajstić information content (AvgIpc) is 3.38. The molecule has 0 bridgehead atoms. The molecule has 0 radical (unpaired) electrons. The number of esters is 1. The Morgan fingerprint density at radius 1 is 1.16 bits per heavy atom. The number of ether oxygens (including phenoxy) is 2. The zero-order valence-electron chi connectivity index (χ0n) is 21.2. The number of rotatable bonds is 6. The van der Waals surface area contributed by atoms with Crippen LogP contribution in [0.25, 0.3) is 5.69 Å². The summed E-state index contributed by atoms with van der Waals surface area (Å²) in [6.45, 7) is 4.40. The van der Waals surface area contributed by atoms with Crippen molar-refractivity contribution in [2.75, 3.05) is 17.6 Å². The van der Waals surface area contributed by atoms with E-state index in [0.717, 1.165) is 35.5 Å². The van der Waals surface area contributed by atoms with Crippen LogP contribution in [0.2, 0.25) is 0 Å². The first kappa shape index (κ1) is 25.7. The second kappa shape index (κ2) is 9.45. The minimum Gasteiger partial charge on any atom is -0.461 e. The standard InChI is InChI=1S/C26H34N4O6S/c1-26(2)10-21-24(37(33,34)14-26)19-12-35-13-22(19)30(21)16-5-8-18(25(28)32)20(9-16)29-15-3-6-17(7-4-15)36-23(31)11-27/h5,8-9,15,17,29H,3-4,6-7,10-14,27H2,1-2H3,(H2,28,32)/t15-,17-. The van der Waals surface area contributed by atoms with Gasteiger partial charge in [-0.3, -0.25) is 9.59 Å². The van der Waals surface area contributed by atoms with Gasteiger partial charge in [-0.2, -0.15) is 0 Å². The fraction of sp³-hybridized carbons (Fsp3) is 0.538. The van der Waals surface area contributed by atoms with Crippen molar-refractivity contribution >= 4 is 27.4 Å². The molecule has 1 saturated carbocycles. The first-order valence-corrected chi connectivity index (χ1v) is 14.3. The number of aromatic nitrogens is 1. The van der Waals surface area contributed by atoms with Crippen LogP contribution < -0.4 is 16.8 Å². The van der Waals surface area contributed by atoms with E-state index in [1.54, 1.807) is 6.07 Å². The van der Waals surface area contributed by atoms with Gasteiger partial charge in [0.05, 0.1) is 41.7 Å². The van der Waals surface area contributed by atoms with Gasteiger partial charge in [0.2, 0.25) is 0 Å². The third-order valence-corrected chi connectivity index (χ3v) is 9.74. The quantitative estimate of drug-likeness (QED) is 0.480. The number of nitrogens with zero attached hydrogens (tertiary/aromatic N) is 1. The summed E-state index contributed by atoms with van der Waals surface area (Å²) in [5.74, 6) is -0.858. The van der Waals surface area contributed by atoms with E-state index in [-0.39, 0.29) is 31.1 Å². The van der Waals surface area contributed by atoms with E-state index in [2.05, 4.69) is 5.32 Å². The van der Waals surface area contributed by atoms with Gasteiger partial charge in [-0.15, -0.1) is 0 Å². The molecule has 2 aliphatic heterocycles. The molecular formula is C26H34N4O6S. The Labute approximate surface area is 216 Å². The molecule has 200 valence electrons. The number of nitrogens with one attached hydrogen (secondary N) is 1. The number of primary amides is 1. The third kappa shape index (κ3) is 4.87. The van der Waals surface area contributed by atoms with E-state index in [1.807, 2.05) is 30.5 Å². The number of nitrogens with two attached hydrogens (primary N) is 2. The van der Waals surface area contributed by atoms with Crippen molar-refractivity contribution in [2.45, 2.75) is 76.2 Å². The SMILES string of the molecule is CC1(C)Cc2c(c3c(n2-c2ccc(C(N)=O)c(N[C@H]4CC[C@H](OC(=O)CN)CC4)c2)COC3)S(=O)(=O)C1. The largest absolute Gasteiger partial charge is 0.461 e. The summed E-state index contributed by atoms with van der Waals surface area (Å²) < 4.78 is 39.6. The lowest BCUT2D eigenvalue weighted by Gasteiger charge is -2.31. The summed E-state index contributed by atoms with van der Waals surface area (Å²) in [4.78, 5) is 24.2. The smallest absolute Gasteiger partial charge is 0.319 e. The predicted molar refractivity (Wildman–Crippen MR) is 137 cm³/mol. The number of amides is 1. The summed E-state index contributed by atoms with van der Waals surface area (Å²) in [6.07, 6.45) is 3.34. The van der Waals surface area contributed by atoms with E-state index >= 15 is 0 Å². The van der Waals surface area contributed by atoms with Crippen LogP contribution >= 0.6 is 0 Å². The molecule has 1 aromatic carbocycles. The highest BCUT2D eigenvalue weighted by Crippen LogP contribution is 2.44. The summed E-state index contributed by atoms with van der Waals surface area (Å²) in [5.41, 5.74) is 14.7. The van der Waals surface area contributed by atoms with Crippen molar-refractivity contribution < 1.29 is 27.5 Å². The molecule has 37 heavy (non-hydrogen) atoms. The molecule has 11 heteroatoms.